The molecule has 0 aromatic carbocycles. The first-order valence-corrected chi connectivity index (χ1v) is 9.39. The lowest BCUT2D eigenvalue weighted by atomic mass is 10.3. The van der Waals surface area contributed by atoms with Crippen molar-refractivity contribution < 1.29 is 9.59 Å². The molecule has 0 saturated heterocycles. The normalized spacial score (nSPS) is 11.8. The van der Waals surface area contributed by atoms with E-state index in [2.05, 4.69) is 35.1 Å². The largest absolute Gasteiger partial charge is 0.388 e. The van der Waals surface area contributed by atoms with Crippen molar-refractivity contribution in [3.63, 3.8) is 0 Å². The van der Waals surface area contributed by atoms with E-state index < -0.39 is 0 Å². The molecule has 0 bridgehead atoms. The van der Waals surface area contributed by atoms with Crippen LogP contribution in [0.5, 0.6) is 0 Å². The van der Waals surface area contributed by atoms with E-state index >= 15 is 0 Å². The molecule has 0 heterocycles. The molecule has 4 N–H and O–H groups in total. The van der Waals surface area contributed by atoms with Crippen molar-refractivity contribution in [3.8, 4) is 0 Å². The molecule has 144 valence electrons. The topological polar surface area (TPSA) is 82.3 Å². The van der Waals surface area contributed by atoms with Gasteiger partial charge in [0.25, 0.3) is 0 Å². The van der Waals surface area contributed by atoms with Gasteiger partial charge in [-0.2, -0.15) is 0 Å². The van der Waals surface area contributed by atoms with Crippen molar-refractivity contribution in [1.82, 2.24) is 21.3 Å². The van der Waals surface area contributed by atoms with Crippen LogP contribution in [0.3, 0.4) is 0 Å². The van der Waals surface area contributed by atoms with E-state index in [0.717, 1.165) is 50.2 Å². The van der Waals surface area contributed by atoms with Crippen LogP contribution in [0.4, 0.5) is 0 Å². The minimum atomic E-state index is -0.108. The molecule has 0 aromatic heterocycles. The number of carbonyl (C=O) groups excluding carboxylic acids is 2. The van der Waals surface area contributed by atoms with Gasteiger partial charge in [0.1, 0.15) is 0 Å². The van der Waals surface area contributed by atoms with Crippen LogP contribution in [-0.4, -0.2) is 38.0 Å². The number of carbonyl (C=O) groups is 2. The first-order chi connectivity index (χ1) is 12.0. The van der Waals surface area contributed by atoms with Gasteiger partial charge in [0.05, 0.1) is 0 Å². The minimum Gasteiger partial charge on any atom is -0.388 e. The minimum absolute atomic E-state index is 0.108. The lowest BCUT2D eigenvalue weighted by Crippen LogP contribution is -2.29. The molecule has 0 atom stereocenters. The fraction of sp³-hybridized carbons (Fsp3) is 0.684. The zero-order chi connectivity index (χ0) is 18.9. The summed E-state index contributed by atoms with van der Waals surface area (Å²) in [6.45, 7) is 10.9. The number of hydrogen-bond acceptors (Lipinski definition) is 4. The predicted octanol–water partition coefficient (Wildman–Crippen LogP) is 2.20. The standard InChI is InChI=1S/C19H36N4O2/c1-5-7-10-20-16(3)14-18(24)22-12-9-13-23-19(25)15-17(4)21-11-8-6-2/h14-15,20-21H,5-13H2,1-4H3,(H,22,24)(H,23,25)/b16-14-,17-15-. The summed E-state index contributed by atoms with van der Waals surface area (Å²) in [6, 6.07) is 0. The lowest BCUT2D eigenvalue weighted by Gasteiger charge is -2.07. The summed E-state index contributed by atoms with van der Waals surface area (Å²) < 4.78 is 0. The van der Waals surface area contributed by atoms with Crippen LogP contribution in [0, 0.1) is 0 Å². The van der Waals surface area contributed by atoms with E-state index in [1.54, 1.807) is 12.2 Å². The van der Waals surface area contributed by atoms with Crippen molar-refractivity contribution in [1.29, 1.82) is 0 Å². The highest BCUT2D eigenvalue weighted by molar-refractivity contribution is 5.88. The number of rotatable bonds is 14. The second-order valence-electron chi connectivity index (χ2n) is 6.15. The van der Waals surface area contributed by atoms with Crippen LogP contribution < -0.4 is 21.3 Å². The highest BCUT2D eigenvalue weighted by Crippen LogP contribution is 1.91. The smallest absolute Gasteiger partial charge is 0.245 e. The quantitative estimate of drug-likeness (QED) is 0.285. The molecule has 6 nitrogen and oxygen atoms in total. The van der Waals surface area contributed by atoms with Crippen LogP contribution in [0.25, 0.3) is 0 Å². The van der Waals surface area contributed by atoms with Crippen LogP contribution in [0.2, 0.25) is 0 Å². The maximum absolute atomic E-state index is 11.7. The van der Waals surface area contributed by atoms with Gasteiger partial charge in [-0.05, 0) is 33.1 Å². The van der Waals surface area contributed by atoms with Gasteiger partial charge in [0.15, 0.2) is 0 Å². The highest BCUT2D eigenvalue weighted by atomic mass is 16.2. The number of unbranched alkanes of at least 4 members (excludes halogenated alkanes) is 2. The summed E-state index contributed by atoms with van der Waals surface area (Å²) in [5.41, 5.74) is 1.74. The first-order valence-electron chi connectivity index (χ1n) is 9.39. The van der Waals surface area contributed by atoms with Crippen LogP contribution in [0.15, 0.2) is 23.5 Å². The molecule has 0 aromatic rings. The Kier molecular flexibility index (Phi) is 14.3. The van der Waals surface area contributed by atoms with E-state index in [1.165, 1.54) is 0 Å². The lowest BCUT2D eigenvalue weighted by molar-refractivity contribution is -0.116. The first kappa shape index (κ1) is 23.0. The van der Waals surface area contributed by atoms with Gasteiger partial charge in [0.2, 0.25) is 11.8 Å². The maximum Gasteiger partial charge on any atom is 0.245 e. The summed E-state index contributed by atoms with van der Waals surface area (Å²) in [6.07, 6.45) is 8.28. The SMILES string of the molecule is CCCCN/C(C)=C\C(=O)NCCCNC(=O)/C=C(/C)NCCCC. The molecular weight excluding hydrogens is 316 g/mol. The Labute approximate surface area is 152 Å². The Morgan fingerprint density at radius 3 is 1.36 bits per heavy atom. The van der Waals surface area contributed by atoms with Gasteiger partial charge in [-0.1, -0.05) is 26.7 Å². The zero-order valence-electron chi connectivity index (χ0n) is 16.3. The maximum atomic E-state index is 11.7. The summed E-state index contributed by atoms with van der Waals surface area (Å²) in [5.74, 6) is -0.215. The molecule has 6 heteroatoms. The third kappa shape index (κ3) is 15.3. The summed E-state index contributed by atoms with van der Waals surface area (Å²) in [4.78, 5) is 23.4. The van der Waals surface area contributed by atoms with Gasteiger partial charge in [-0.3, -0.25) is 9.59 Å². The molecule has 0 radical (unpaired) electrons. The molecule has 0 aliphatic heterocycles. The summed E-state index contributed by atoms with van der Waals surface area (Å²) in [7, 11) is 0. The van der Waals surface area contributed by atoms with Crippen molar-refractivity contribution in [2.45, 2.75) is 59.8 Å². The Bertz CT molecular complexity index is 405. The average molecular weight is 353 g/mol. The zero-order valence-corrected chi connectivity index (χ0v) is 16.3. The van der Waals surface area contributed by atoms with Crippen LogP contribution >= 0.6 is 0 Å². The van der Waals surface area contributed by atoms with Gasteiger partial charge < -0.3 is 21.3 Å². The molecule has 0 unspecified atom stereocenters. The van der Waals surface area contributed by atoms with Crippen molar-refractivity contribution in [3.05, 3.63) is 23.5 Å². The molecule has 0 aliphatic carbocycles. The fourth-order valence-electron chi connectivity index (χ4n) is 2.03. The summed E-state index contributed by atoms with van der Waals surface area (Å²) >= 11 is 0. The van der Waals surface area contributed by atoms with Gasteiger partial charge in [0, 0.05) is 49.7 Å². The second kappa shape index (κ2) is 15.5. The molecule has 25 heavy (non-hydrogen) atoms. The Balaban J connectivity index is 3.80. The molecule has 0 saturated carbocycles. The Hall–Kier alpha value is -1.98. The van der Waals surface area contributed by atoms with Crippen molar-refractivity contribution in [2.24, 2.45) is 0 Å². The van der Waals surface area contributed by atoms with Gasteiger partial charge in [-0.25, -0.2) is 0 Å². The second-order valence-corrected chi connectivity index (χ2v) is 6.15. The van der Waals surface area contributed by atoms with E-state index in [4.69, 9.17) is 0 Å². The van der Waals surface area contributed by atoms with Gasteiger partial charge in [-0.15, -0.1) is 0 Å². The molecule has 0 fully saturated rings. The van der Waals surface area contributed by atoms with Crippen molar-refractivity contribution in [2.75, 3.05) is 26.2 Å². The summed E-state index contributed by atoms with van der Waals surface area (Å²) in [5, 5.41) is 12.0. The van der Waals surface area contributed by atoms with Gasteiger partial charge >= 0.3 is 0 Å². The van der Waals surface area contributed by atoms with E-state index in [0.29, 0.717) is 19.5 Å². The third-order valence-corrected chi connectivity index (χ3v) is 3.52. The van der Waals surface area contributed by atoms with Crippen LogP contribution in [0.1, 0.15) is 59.8 Å². The van der Waals surface area contributed by atoms with Crippen LogP contribution in [-0.2, 0) is 9.59 Å². The molecule has 0 aliphatic rings. The number of hydrogen-bond donors (Lipinski definition) is 4. The molecule has 0 rings (SSSR count). The molecule has 2 amide bonds. The monoisotopic (exact) mass is 352 g/mol. The van der Waals surface area contributed by atoms with E-state index in [-0.39, 0.29) is 11.8 Å². The third-order valence-electron chi connectivity index (χ3n) is 3.52. The highest BCUT2D eigenvalue weighted by Gasteiger charge is 2.00. The Morgan fingerprint density at radius 2 is 1.00 bits per heavy atom. The number of nitrogens with one attached hydrogen (secondary N) is 4. The number of allylic oxidation sites excluding steroid dienone is 2. The molecular formula is C19H36N4O2. The van der Waals surface area contributed by atoms with Crippen molar-refractivity contribution >= 4 is 11.8 Å². The predicted molar refractivity (Wildman–Crippen MR) is 104 cm³/mol. The van der Waals surface area contributed by atoms with E-state index in [9.17, 15) is 9.59 Å². The fourth-order valence-corrected chi connectivity index (χ4v) is 2.03. The molecule has 0 spiro atoms. The number of amides is 2. The average Bonchev–Trinajstić information content (AvgIpc) is 2.54. The van der Waals surface area contributed by atoms with E-state index in [1.807, 2.05) is 13.8 Å². The Morgan fingerprint density at radius 1 is 0.640 bits per heavy atom.